The molecule has 0 bridgehead atoms. The molecule has 1 unspecified atom stereocenters. The van der Waals surface area contributed by atoms with Gasteiger partial charge in [0.25, 0.3) is 0 Å². The molecule has 0 fully saturated rings. The van der Waals surface area contributed by atoms with Gasteiger partial charge in [-0.3, -0.25) is 0 Å². The molecular weight excluding hydrogens is 230 g/mol. The second kappa shape index (κ2) is 5.60. The first-order valence-corrected chi connectivity index (χ1v) is 5.69. The van der Waals surface area contributed by atoms with Crippen LogP contribution in [0.15, 0.2) is 0 Å². The van der Waals surface area contributed by atoms with Gasteiger partial charge < -0.3 is 5.32 Å². The minimum atomic E-state index is -0.0521. The molecule has 1 aromatic rings. The third-order valence-corrected chi connectivity index (χ3v) is 3.04. The molecule has 0 aliphatic heterocycles. The summed E-state index contributed by atoms with van der Waals surface area (Å²) in [7, 11) is 0. The summed E-state index contributed by atoms with van der Waals surface area (Å²) < 4.78 is 0. The molecule has 1 rings (SSSR count). The van der Waals surface area contributed by atoms with Gasteiger partial charge in [-0.1, -0.05) is 42.2 Å². The molecule has 0 aromatic carbocycles. The molecule has 1 aromatic heterocycles. The highest BCUT2D eigenvalue weighted by Crippen LogP contribution is 2.26. The van der Waals surface area contributed by atoms with Crippen LogP contribution in [0, 0.1) is 23.7 Å². The van der Waals surface area contributed by atoms with Gasteiger partial charge in [-0.25, -0.2) is 4.98 Å². The summed E-state index contributed by atoms with van der Waals surface area (Å²) in [5, 5.41) is 12.6. The van der Waals surface area contributed by atoms with Crippen LogP contribution in [0.4, 0.5) is 5.13 Å². The van der Waals surface area contributed by atoms with E-state index >= 15 is 0 Å². The molecule has 1 N–H and O–H groups in total. The van der Waals surface area contributed by atoms with E-state index < -0.39 is 0 Å². The standard InChI is InChI=1S/C10H10ClN3S/c1-3-5-7(4-2)13-10-14-9(11)8(6-12)15-10/h2,7H,3,5H2,1H3,(H,13,14). The summed E-state index contributed by atoms with van der Waals surface area (Å²) in [4.78, 5) is 4.41. The van der Waals surface area contributed by atoms with Crippen LogP contribution in [0.1, 0.15) is 24.6 Å². The Balaban J connectivity index is 2.73. The van der Waals surface area contributed by atoms with E-state index in [1.165, 1.54) is 11.3 Å². The normalized spacial score (nSPS) is 11.5. The largest absolute Gasteiger partial charge is 0.348 e. The molecule has 78 valence electrons. The van der Waals surface area contributed by atoms with Crippen LogP contribution >= 0.6 is 22.9 Å². The van der Waals surface area contributed by atoms with E-state index in [1.807, 2.05) is 6.07 Å². The van der Waals surface area contributed by atoms with Crippen molar-refractivity contribution in [3.05, 3.63) is 10.0 Å². The molecule has 0 amide bonds. The number of nitrogens with one attached hydrogen (secondary N) is 1. The van der Waals surface area contributed by atoms with Crippen molar-refractivity contribution in [2.24, 2.45) is 0 Å². The Morgan fingerprint density at radius 2 is 2.47 bits per heavy atom. The van der Waals surface area contributed by atoms with Crippen molar-refractivity contribution in [2.75, 3.05) is 5.32 Å². The van der Waals surface area contributed by atoms with Crippen molar-refractivity contribution in [3.8, 4) is 18.4 Å². The first-order valence-electron chi connectivity index (χ1n) is 4.50. The van der Waals surface area contributed by atoms with Crippen molar-refractivity contribution < 1.29 is 0 Å². The molecule has 1 atom stereocenters. The zero-order chi connectivity index (χ0) is 11.3. The molecule has 1 heterocycles. The van der Waals surface area contributed by atoms with Crippen molar-refractivity contribution in [1.29, 1.82) is 5.26 Å². The molecule has 0 aliphatic carbocycles. The first kappa shape index (κ1) is 11.8. The highest BCUT2D eigenvalue weighted by atomic mass is 35.5. The van der Waals surface area contributed by atoms with Gasteiger partial charge in [-0.05, 0) is 6.42 Å². The van der Waals surface area contributed by atoms with E-state index in [0.717, 1.165) is 12.8 Å². The van der Waals surface area contributed by atoms with Crippen molar-refractivity contribution in [3.63, 3.8) is 0 Å². The zero-order valence-corrected chi connectivity index (χ0v) is 9.82. The van der Waals surface area contributed by atoms with Crippen LogP contribution in [-0.4, -0.2) is 11.0 Å². The van der Waals surface area contributed by atoms with E-state index in [2.05, 4.69) is 23.1 Å². The first-order chi connectivity index (χ1) is 7.21. The highest BCUT2D eigenvalue weighted by Gasteiger charge is 2.11. The Morgan fingerprint density at radius 1 is 1.73 bits per heavy atom. The maximum atomic E-state index is 8.69. The minimum Gasteiger partial charge on any atom is -0.348 e. The fourth-order valence-electron chi connectivity index (χ4n) is 1.07. The average molecular weight is 240 g/mol. The molecule has 0 aliphatic rings. The zero-order valence-electron chi connectivity index (χ0n) is 8.25. The summed E-state index contributed by atoms with van der Waals surface area (Å²) in [5.41, 5.74) is 0. The summed E-state index contributed by atoms with van der Waals surface area (Å²) in [6.07, 6.45) is 7.21. The smallest absolute Gasteiger partial charge is 0.186 e. The van der Waals surface area contributed by atoms with Crippen LogP contribution in [0.5, 0.6) is 0 Å². The second-order valence-electron chi connectivity index (χ2n) is 2.90. The third-order valence-electron chi connectivity index (χ3n) is 1.76. The summed E-state index contributed by atoms with van der Waals surface area (Å²) in [6.45, 7) is 2.06. The van der Waals surface area contributed by atoms with E-state index in [0.29, 0.717) is 10.0 Å². The lowest BCUT2D eigenvalue weighted by Gasteiger charge is -2.09. The van der Waals surface area contributed by atoms with Gasteiger partial charge in [-0.2, -0.15) is 5.26 Å². The van der Waals surface area contributed by atoms with Crippen LogP contribution in [-0.2, 0) is 0 Å². The number of thiazole rings is 1. The predicted molar refractivity (Wildman–Crippen MR) is 63.0 cm³/mol. The van der Waals surface area contributed by atoms with Crippen LogP contribution in [0.2, 0.25) is 5.15 Å². The Morgan fingerprint density at radius 3 is 2.93 bits per heavy atom. The van der Waals surface area contributed by atoms with Gasteiger partial charge in [0.1, 0.15) is 10.9 Å². The van der Waals surface area contributed by atoms with Gasteiger partial charge in [-0.15, -0.1) is 6.42 Å². The topological polar surface area (TPSA) is 48.7 Å². The average Bonchev–Trinajstić information content (AvgIpc) is 2.58. The van der Waals surface area contributed by atoms with Crippen LogP contribution in [0.3, 0.4) is 0 Å². The Kier molecular flexibility index (Phi) is 4.42. The number of aromatic nitrogens is 1. The lowest BCUT2D eigenvalue weighted by atomic mass is 10.2. The van der Waals surface area contributed by atoms with Gasteiger partial charge >= 0.3 is 0 Å². The molecule has 0 saturated carbocycles. The number of rotatable bonds is 4. The summed E-state index contributed by atoms with van der Waals surface area (Å²) in [6, 6.07) is 1.92. The minimum absolute atomic E-state index is 0.0521. The Labute approximate surface area is 98.1 Å². The van der Waals surface area contributed by atoms with Crippen LogP contribution in [0.25, 0.3) is 0 Å². The molecule has 0 radical (unpaired) electrons. The predicted octanol–water partition coefficient (Wildman–Crippen LogP) is 2.88. The van der Waals surface area contributed by atoms with Gasteiger partial charge in [0.2, 0.25) is 0 Å². The lowest BCUT2D eigenvalue weighted by Crippen LogP contribution is -2.16. The van der Waals surface area contributed by atoms with E-state index in [-0.39, 0.29) is 11.2 Å². The second-order valence-corrected chi connectivity index (χ2v) is 4.26. The molecule has 0 saturated heterocycles. The van der Waals surface area contributed by atoms with Crippen molar-refractivity contribution in [1.82, 2.24) is 4.98 Å². The monoisotopic (exact) mass is 239 g/mol. The van der Waals surface area contributed by atoms with E-state index in [4.69, 9.17) is 23.3 Å². The van der Waals surface area contributed by atoms with Gasteiger partial charge in [0.15, 0.2) is 10.3 Å². The van der Waals surface area contributed by atoms with Crippen molar-refractivity contribution >= 4 is 28.1 Å². The summed E-state index contributed by atoms with van der Waals surface area (Å²) >= 11 is 6.95. The molecule has 0 spiro atoms. The molecule has 5 heteroatoms. The van der Waals surface area contributed by atoms with E-state index in [1.54, 1.807) is 0 Å². The van der Waals surface area contributed by atoms with Crippen molar-refractivity contribution in [2.45, 2.75) is 25.8 Å². The molecular formula is C10H10ClN3S. The summed E-state index contributed by atoms with van der Waals surface area (Å²) in [5.74, 6) is 2.63. The van der Waals surface area contributed by atoms with Crippen LogP contribution < -0.4 is 5.32 Å². The maximum absolute atomic E-state index is 8.69. The molecule has 15 heavy (non-hydrogen) atoms. The van der Waals surface area contributed by atoms with E-state index in [9.17, 15) is 0 Å². The number of anilines is 1. The SMILES string of the molecule is C#CC(CCC)Nc1nc(Cl)c(C#N)s1. The molecule has 3 nitrogen and oxygen atoms in total. The Bertz CT molecular complexity index is 413. The maximum Gasteiger partial charge on any atom is 0.186 e. The lowest BCUT2D eigenvalue weighted by molar-refractivity contribution is 0.755. The quantitative estimate of drug-likeness (QED) is 0.822. The van der Waals surface area contributed by atoms with Gasteiger partial charge in [0.05, 0.1) is 6.04 Å². The number of hydrogen-bond acceptors (Lipinski definition) is 4. The number of halogens is 1. The fraction of sp³-hybridized carbons (Fsp3) is 0.400. The number of nitrogens with zero attached hydrogens (tertiary/aromatic N) is 2. The fourth-order valence-corrected chi connectivity index (χ4v) is 2.07. The third kappa shape index (κ3) is 3.13. The number of hydrogen-bond donors (Lipinski definition) is 1. The highest BCUT2D eigenvalue weighted by molar-refractivity contribution is 7.16. The number of nitriles is 1. The number of terminal acetylenes is 1. The van der Waals surface area contributed by atoms with Gasteiger partial charge in [0, 0.05) is 0 Å². The Hall–Kier alpha value is -1.23.